The molecule has 1 aliphatic carbocycles. The Labute approximate surface area is 204 Å². The van der Waals surface area contributed by atoms with Crippen LogP contribution in [0.4, 0.5) is 0 Å². The van der Waals surface area contributed by atoms with E-state index in [1.54, 1.807) is 6.20 Å². The first-order valence-electron chi connectivity index (χ1n) is 12.5. The lowest BCUT2D eigenvalue weighted by Gasteiger charge is -2.32. The lowest BCUT2D eigenvalue weighted by Crippen LogP contribution is -2.45. The Balaban J connectivity index is 1.14. The lowest BCUT2D eigenvalue weighted by molar-refractivity contribution is -0.126. The van der Waals surface area contributed by atoms with Crippen molar-refractivity contribution in [3.8, 4) is 5.69 Å². The Bertz CT molecular complexity index is 1390. The number of benzene rings is 2. The summed E-state index contributed by atoms with van der Waals surface area (Å²) in [7, 11) is 0. The van der Waals surface area contributed by atoms with Crippen LogP contribution in [0.3, 0.4) is 0 Å². The van der Waals surface area contributed by atoms with Crippen LogP contribution in [0.2, 0.25) is 0 Å². The minimum absolute atomic E-state index is 0.00225. The van der Waals surface area contributed by atoms with Gasteiger partial charge in [0.1, 0.15) is 0 Å². The first-order valence-corrected chi connectivity index (χ1v) is 12.5. The number of likely N-dealkylation sites (tertiary alicyclic amines) is 1. The van der Waals surface area contributed by atoms with Crippen molar-refractivity contribution in [3.63, 3.8) is 0 Å². The summed E-state index contributed by atoms with van der Waals surface area (Å²) in [6, 6.07) is 18.0. The molecule has 7 heteroatoms. The van der Waals surface area contributed by atoms with Crippen LogP contribution in [-0.2, 0) is 24.2 Å². The van der Waals surface area contributed by atoms with Crippen molar-refractivity contribution in [3.05, 3.63) is 83.3 Å². The van der Waals surface area contributed by atoms with E-state index in [0.717, 1.165) is 54.4 Å². The molecule has 1 atom stereocenters. The molecule has 7 nitrogen and oxygen atoms in total. The molecule has 0 spiro atoms. The number of hydrogen-bond donors (Lipinski definition) is 2. The number of amides is 2. The minimum atomic E-state index is -0.206. The molecular formula is C28H29N5O2. The van der Waals surface area contributed by atoms with Gasteiger partial charge in [-0.2, -0.15) is 5.10 Å². The molecular weight excluding hydrogens is 438 g/mol. The Morgan fingerprint density at radius 2 is 1.86 bits per heavy atom. The standard InChI is InChI=1S/C28H29N5O2/c34-27(30-17-25-22-12-6-14-26(22)33(31-25)20-9-2-1-3-10-20)19-8-7-15-32(18-19)28(35)23-16-29-24-13-5-4-11-21(23)24/h1-5,9-11,13,16,19,29H,6-8,12,14-15,17-18H2,(H,30,34). The predicted molar refractivity (Wildman–Crippen MR) is 134 cm³/mol. The second-order valence-corrected chi connectivity index (χ2v) is 9.53. The number of H-pyrrole nitrogens is 1. The van der Waals surface area contributed by atoms with E-state index in [2.05, 4.69) is 22.4 Å². The Hall–Kier alpha value is -3.87. The highest BCUT2D eigenvalue weighted by molar-refractivity contribution is 6.06. The van der Waals surface area contributed by atoms with E-state index in [1.165, 1.54) is 11.3 Å². The van der Waals surface area contributed by atoms with Crippen LogP contribution < -0.4 is 5.32 Å². The number of carbonyl (C=O) groups excluding carboxylic acids is 2. The molecule has 4 aromatic rings. The lowest BCUT2D eigenvalue weighted by atomic mass is 9.96. The third-order valence-corrected chi connectivity index (χ3v) is 7.34. The summed E-state index contributed by atoms with van der Waals surface area (Å²) in [5, 5.41) is 8.91. The Morgan fingerprint density at radius 1 is 1.03 bits per heavy atom. The van der Waals surface area contributed by atoms with Crippen molar-refractivity contribution < 1.29 is 9.59 Å². The molecule has 1 fully saturated rings. The maximum absolute atomic E-state index is 13.2. The summed E-state index contributed by atoms with van der Waals surface area (Å²) >= 11 is 0. The molecule has 1 aliphatic heterocycles. The van der Waals surface area contributed by atoms with Crippen molar-refractivity contribution in [1.29, 1.82) is 0 Å². The monoisotopic (exact) mass is 467 g/mol. The maximum atomic E-state index is 13.2. The van der Waals surface area contributed by atoms with E-state index in [0.29, 0.717) is 25.2 Å². The van der Waals surface area contributed by atoms with Gasteiger partial charge in [-0.05, 0) is 55.9 Å². The van der Waals surface area contributed by atoms with E-state index < -0.39 is 0 Å². The number of hydrogen-bond acceptors (Lipinski definition) is 3. The van der Waals surface area contributed by atoms with E-state index in [-0.39, 0.29) is 17.7 Å². The van der Waals surface area contributed by atoms with Gasteiger partial charge >= 0.3 is 0 Å². The van der Waals surface area contributed by atoms with Crippen molar-refractivity contribution in [2.24, 2.45) is 5.92 Å². The van der Waals surface area contributed by atoms with Crippen LogP contribution >= 0.6 is 0 Å². The van der Waals surface area contributed by atoms with Gasteiger partial charge in [-0.25, -0.2) is 4.68 Å². The third kappa shape index (κ3) is 4.01. The van der Waals surface area contributed by atoms with Crippen molar-refractivity contribution in [1.82, 2.24) is 25.0 Å². The van der Waals surface area contributed by atoms with Gasteiger partial charge in [0.25, 0.3) is 5.91 Å². The normalized spacial score (nSPS) is 17.5. The number of para-hydroxylation sites is 2. The third-order valence-electron chi connectivity index (χ3n) is 7.34. The second-order valence-electron chi connectivity index (χ2n) is 9.53. The number of fused-ring (bicyclic) bond motifs is 2. The fourth-order valence-corrected chi connectivity index (χ4v) is 5.55. The molecule has 2 aromatic heterocycles. The van der Waals surface area contributed by atoms with Gasteiger partial charge in [0, 0.05) is 35.9 Å². The van der Waals surface area contributed by atoms with Crippen molar-refractivity contribution in [2.45, 2.75) is 38.6 Å². The molecule has 2 aliphatic rings. The number of piperidine rings is 1. The van der Waals surface area contributed by atoms with Crippen LogP contribution in [0.1, 0.15) is 46.6 Å². The topological polar surface area (TPSA) is 83.0 Å². The summed E-state index contributed by atoms with van der Waals surface area (Å²) in [6.45, 7) is 1.55. The number of aromatic amines is 1. The van der Waals surface area contributed by atoms with Gasteiger partial charge in [0.05, 0.1) is 29.4 Å². The molecule has 0 bridgehead atoms. The second kappa shape index (κ2) is 9.06. The smallest absolute Gasteiger partial charge is 0.256 e. The van der Waals surface area contributed by atoms with Gasteiger partial charge in [0.2, 0.25) is 5.91 Å². The van der Waals surface area contributed by atoms with Crippen LogP contribution in [0.5, 0.6) is 0 Å². The zero-order valence-electron chi connectivity index (χ0n) is 19.7. The summed E-state index contributed by atoms with van der Waals surface area (Å²) in [5.74, 6) is -0.219. The highest BCUT2D eigenvalue weighted by atomic mass is 16.2. The summed E-state index contributed by atoms with van der Waals surface area (Å²) in [6.07, 6.45) is 6.53. The van der Waals surface area contributed by atoms with Crippen LogP contribution in [-0.4, -0.2) is 44.6 Å². The van der Waals surface area contributed by atoms with Gasteiger partial charge in [0.15, 0.2) is 0 Å². The average molecular weight is 468 g/mol. The highest BCUT2D eigenvalue weighted by Gasteiger charge is 2.30. The molecule has 178 valence electrons. The van der Waals surface area contributed by atoms with Crippen molar-refractivity contribution >= 4 is 22.7 Å². The number of nitrogens with zero attached hydrogens (tertiary/aromatic N) is 3. The van der Waals surface area contributed by atoms with Gasteiger partial charge < -0.3 is 15.2 Å². The summed E-state index contributed by atoms with van der Waals surface area (Å²) in [4.78, 5) is 31.4. The highest BCUT2D eigenvalue weighted by Crippen LogP contribution is 2.28. The van der Waals surface area contributed by atoms with Gasteiger partial charge in [-0.3, -0.25) is 9.59 Å². The molecule has 0 radical (unpaired) electrons. The first kappa shape index (κ1) is 21.6. The van der Waals surface area contributed by atoms with E-state index >= 15 is 0 Å². The van der Waals surface area contributed by atoms with Crippen LogP contribution in [0, 0.1) is 5.92 Å². The van der Waals surface area contributed by atoms with E-state index in [4.69, 9.17) is 5.10 Å². The summed E-state index contributed by atoms with van der Waals surface area (Å²) in [5.41, 5.74) is 6.16. The number of nitrogens with one attached hydrogen (secondary N) is 2. The fourth-order valence-electron chi connectivity index (χ4n) is 5.55. The van der Waals surface area contributed by atoms with Crippen LogP contribution in [0.15, 0.2) is 60.8 Å². The Morgan fingerprint density at radius 3 is 2.74 bits per heavy atom. The molecule has 1 unspecified atom stereocenters. The summed E-state index contributed by atoms with van der Waals surface area (Å²) < 4.78 is 2.03. The van der Waals surface area contributed by atoms with Gasteiger partial charge in [-0.15, -0.1) is 0 Å². The molecule has 35 heavy (non-hydrogen) atoms. The number of aromatic nitrogens is 3. The molecule has 2 N–H and O–H groups in total. The van der Waals surface area contributed by atoms with E-state index in [9.17, 15) is 9.59 Å². The predicted octanol–water partition coefficient (Wildman–Crippen LogP) is 4.01. The average Bonchev–Trinajstić information content (AvgIpc) is 3.63. The zero-order chi connectivity index (χ0) is 23.8. The van der Waals surface area contributed by atoms with Gasteiger partial charge in [-0.1, -0.05) is 36.4 Å². The Kier molecular flexibility index (Phi) is 5.60. The maximum Gasteiger partial charge on any atom is 0.256 e. The number of carbonyl (C=O) groups is 2. The molecule has 1 saturated heterocycles. The first-order chi connectivity index (χ1) is 17.2. The van der Waals surface area contributed by atoms with E-state index in [1.807, 2.05) is 52.0 Å². The molecule has 6 rings (SSSR count). The number of rotatable bonds is 5. The SMILES string of the molecule is O=C(NCc1nn(-c2ccccc2)c2c1CCC2)C1CCCN(C(=O)c2c[nH]c3ccccc23)C1. The van der Waals surface area contributed by atoms with Crippen molar-refractivity contribution in [2.75, 3.05) is 13.1 Å². The van der Waals surface area contributed by atoms with Crippen LogP contribution in [0.25, 0.3) is 16.6 Å². The quantitative estimate of drug-likeness (QED) is 0.465. The molecule has 0 saturated carbocycles. The largest absolute Gasteiger partial charge is 0.360 e. The zero-order valence-corrected chi connectivity index (χ0v) is 19.7. The molecule has 2 amide bonds. The molecule has 3 heterocycles. The fraction of sp³-hybridized carbons (Fsp3) is 0.321. The minimum Gasteiger partial charge on any atom is -0.360 e. The molecule has 2 aromatic carbocycles.